The molecule has 0 radical (unpaired) electrons. The fourth-order valence-corrected chi connectivity index (χ4v) is 2.46. The number of hydrogen-bond acceptors (Lipinski definition) is 5. The van der Waals surface area contributed by atoms with Gasteiger partial charge in [0.1, 0.15) is 17.2 Å². The van der Waals surface area contributed by atoms with Crippen LogP contribution in [0.2, 0.25) is 0 Å². The monoisotopic (exact) mass is 358 g/mol. The summed E-state index contributed by atoms with van der Waals surface area (Å²) in [7, 11) is 4.98. The van der Waals surface area contributed by atoms with E-state index in [1.807, 2.05) is 12.1 Å². The fraction of sp³-hybridized carbons (Fsp3) is 0.350. The molecule has 0 aliphatic heterocycles. The van der Waals surface area contributed by atoms with Crippen molar-refractivity contribution >= 4 is 5.91 Å². The first-order chi connectivity index (χ1) is 12.6. The Hall–Kier alpha value is -2.73. The molecule has 6 nitrogen and oxygen atoms in total. The van der Waals surface area contributed by atoms with E-state index < -0.39 is 0 Å². The predicted molar refractivity (Wildman–Crippen MR) is 101 cm³/mol. The largest absolute Gasteiger partial charge is 0.496 e. The van der Waals surface area contributed by atoms with Crippen LogP contribution < -0.4 is 19.9 Å². The average molecular weight is 358 g/mol. The van der Waals surface area contributed by atoms with Crippen molar-refractivity contribution < 1.29 is 19.0 Å². The minimum Gasteiger partial charge on any atom is -0.496 e. The summed E-state index contributed by atoms with van der Waals surface area (Å²) in [4.78, 5) is 14.1. The van der Waals surface area contributed by atoms with Crippen LogP contribution in [0, 0.1) is 0 Å². The number of methoxy groups -OCH3 is 2. The molecule has 0 unspecified atom stereocenters. The van der Waals surface area contributed by atoms with Crippen molar-refractivity contribution in [2.45, 2.75) is 13.0 Å². The zero-order valence-corrected chi connectivity index (χ0v) is 15.5. The lowest BCUT2D eigenvalue weighted by molar-refractivity contribution is 0.0788. The highest BCUT2D eigenvalue weighted by atomic mass is 16.5. The Bertz CT molecular complexity index is 694. The highest BCUT2D eigenvalue weighted by Gasteiger charge is 2.11. The van der Waals surface area contributed by atoms with Crippen LogP contribution in [0.5, 0.6) is 17.2 Å². The number of rotatable bonds is 9. The fourth-order valence-electron chi connectivity index (χ4n) is 2.46. The topological polar surface area (TPSA) is 74.0 Å². The molecular weight excluding hydrogens is 332 g/mol. The second kappa shape index (κ2) is 9.68. The maximum atomic E-state index is 12.4. The Labute approximate surface area is 154 Å². The minimum absolute atomic E-state index is 0.0170. The van der Waals surface area contributed by atoms with E-state index in [4.69, 9.17) is 19.9 Å². The van der Waals surface area contributed by atoms with Crippen molar-refractivity contribution in [1.82, 2.24) is 4.90 Å². The molecule has 2 aromatic rings. The van der Waals surface area contributed by atoms with Gasteiger partial charge >= 0.3 is 0 Å². The predicted octanol–water partition coefficient (Wildman–Crippen LogP) is 2.70. The van der Waals surface area contributed by atoms with Crippen LogP contribution >= 0.6 is 0 Å². The molecule has 140 valence electrons. The van der Waals surface area contributed by atoms with E-state index in [1.54, 1.807) is 56.5 Å². The molecular formula is C20H26N2O4. The van der Waals surface area contributed by atoms with Crippen LogP contribution in [0.15, 0.2) is 42.5 Å². The number of hydrogen-bond donors (Lipinski definition) is 1. The van der Waals surface area contributed by atoms with Crippen LogP contribution in [0.4, 0.5) is 0 Å². The summed E-state index contributed by atoms with van der Waals surface area (Å²) >= 11 is 0. The second-order valence-electron chi connectivity index (χ2n) is 5.88. The number of ether oxygens (including phenoxy) is 3. The first-order valence-electron chi connectivity index (χ1n) is 8.47. The molecule has 0 saturated heterocycles. The van der Waals surface area contributed by atoms with Gasteiger partial charge < -0.3 is 24.8 Å². The van der Waals surface area contributed by atoms with Gasteiger partial charge in [0.15, 0.2) is 0 Å². The Morgan fingerprint density at radius 1 is 1.00 bits per heavy atom. The van der Waals surface area contributed by atoms with Gasteiger partial charge in [-0.3, -0.25) is 4.79 Å². The van der Waals surface area contributed by atoms with Gasteiger partial charge in [-0.15, -0.1) is 0 Å². The number of nitrogens with zero attached hydrogens (tertiary/aromatic N) is 1. The molecule has 0 aliphatic rings. The molecule has 2 N–H and O–H groups in total. The van der Waals surface area contributed by atoms with Gasteiger partial charge in [0.25, 0.3) is 5.91 Å². The Morgan fingerprint density at radius 3 is 2.12 bits per heavy atom. The molecule has 0 atom stereocenters. The van der Waals surface area contributed by atoms with E-state index in [2.05, 4.69) is 0 Å². The summed E-state index contributed by atoms with van der Waals surface area (Å²) in [5.74, 6) is 2.00. The Morgan fingerprint density at radius 2 is 1.58 bits per heavy atom. The van der Waals surface area contributed by atoms with E-state index in [1.165, 1.54) is 0 Å². The van der Waals surface area contributed by atoms with Gasteiger partial charge in [0, 0.05) is 43.9 Å². The smallest absolute Gasteiger partial charge is 0.253 e. The van der Waals surface area contributed by atoms with E-state index >= 15 is 0 Å². The van der Waals surface area contributed by atoms with Crippen LogP contribution in [-0.4, -0.2) is 45.2 Å². The molecule has 0 saturated carbocycles. The summed E-state index contributed by atoms with van der Waals surface area (Å²) in [6, 6.07) is 12.8. The number of benzene rings is 2. The molecule has 2 aromatic carbocycles. The van der Waals surface area contributed by atoms with E-state index in [-0.39, 0.29) is 5.91 Å². The number of nitrogens with two attached hydrogens (primary N) is 1. The maximum Gasteiger partial charge on any atom is 0.253 e. The van der Waals surface area contributed by atoms with Gasteiger partial charge in [0.05, 0.1) is 20.8 Å². The van der Waals surface area contributed by atoms with Gasteiger partial charge in [-0.1, -0.05) is 12.1 Å². The summed E-state index contributed by atoms with van der Waals surface area (Å²) in [6.45, 7) is 1.55. The molecule has 0 heterocycles. The second-order valence-corrected chi connectivity index (χ2v) is 5.88. The zero-order valence-electron chi connectivity index (χ0n) is 15.5. The normalized spacial score (nSPS) is 10.3. The van der Waals surface area contributed by atoms with Crippen LogP contribution in [0.3, 0.4) is 0 Å². The SMILES string of the molecule is COc1cc(OC)cc(OCCCN(C)C(=O)c2ccc(CN)cc2)c1. The highest BCUT2D eigenvalue weighted by Crippen LogP contribution is 2.27. The lowest BCUT2D eigenvalue weighted by Gasteiger charge is -2.17. The highest BCUT2D eigenvalue weighted by molar-refractivity contribution is 5.94. The van der Waals surface area contributed by atoms with Crippen molar-refractivity contribution in [2.24, 2.45) is 5.73 Å². The average Bonchev–Trinajstić information content (AvgIpc) is 2.70. The summed E-state index contributed by atoms with van der Waals surface area (Å²) in [6.07, 6.45) is 0.711. The quantitative estimate of drug-likeness (QED) is 0.698. The molecule has 0 spiro atoms. The lowest BCUT2D eigenvalue weighted by Crippen LogP contribution is -2.28. The van der Waals surface area contributed by atoms with Crippen molar-refractivity contribution in [3.05, 3.63) is 53.6 Å². The first kappa shape index (κ1) is 19.6. The molecule has 1 amide bonds. The van der Waals surface area contributed by atoms with Gasteiger partial charge in [-0.05, 0) is 24.1 Å². The van der Waals surface area contributed by atoms with E-state index in [0.29, 0.717) is 48.9 Å². The third-order valence-electron chi connectivity index (χ3n) is 4.01. The molecule has 0 aromatic heterocycles. The molecule has 0 aliphatic carbocycles. The molecule has 0 bridgehead atoms. The van der Waals surface area contributed by atoms with Crippen LogP contribution in [-0.2, 0) is 6.54 Å². The molecule has 6 heteroatoms. The summed E-state index contributed by atoms with van der Waals surface area (Å²) < 4.78 is 16.2. The molecule has 2 rings (SSSR count). The summed E-state index contributed by atoms with van der Waals surface area (Å²) in [5.41, 5.74) is 7.24. The van der Waals surface area contributed by atoms with Crippen molar-refractivity contribution in [3.63, 3.8) is 0 Å². The first-order valence-corrected chi connectivity index (χ1v) is 8.47. The lowest BCUT2D eigenvalue weighted by atomic mass is 10.1. The van der Waals surface area contributed by atoms with Crippen molar-refractivity contribution in [2.75, 3.05) is 34.4 Å². The Balaban J connectivity index is 1.82. The third-order valence-corrected chi connectivity index (χ3v) is 4.01. The maximum absolute atomic E-state index is 12.4. The standard InChI is InChI=1S/C20H26N2O4/c1-22(20(23)16-7-5-15(14-21)6-8-16)9-4-10-26-19-12-17(24-2)11-18(13-19)25-3/h5-8,11-13H,4,9-10,14,21H2,1-3H3. The van der Waals surface area contributed by atoms with Crippen molar-refractivity contribution in [3.8, 4) is 17.2 Å². The third kappa shape index (κ3) is 5.39. The molecule has 26 heavy (non-hydrogen) atoms. The number of carbonyl (C=O) groups excluding carboxylic acids is 1. The van der Waals surface area contributed by atoms with Gasteiger partial charge in [0.2, 0.25) is 0 Å². The summed E-state index contributed by atoms with van der Waals surface area (Å²) in [5, 5.41) is 0. The van der Waals surface area contributed by atoms with Gasteiger partial charge in [-0.25, -0.2) is 0 Å². The van der Waals surface area contributed by atoms with Crippen LogP contribution in [0.25, 0.3) is 0 Å². The van der Waals surface area contributed by atoms with E-state index in [0.717, 1.165) is 5.56 Å². The van der Waals surface area contributed by atoms with Gasteiger partial charge in [-0.2, -0.15) is 0 Å². The minimum atomic E-state index is -0.0170. The van der Waals surface area contributed by atoms with Crippen LogP contribution in [0.1, 0.15) is 22.3 Å². The number of amides is 1. The van der Waals surface area contributed by atoms with E-state index in [9.17, 15) is 4.79 Å². The zero-order chi connectivity index (χ0) is 18.9. The number of carbonyl (C=O) groups is 1. The van der Waals surface area contributed by atoms with Crippen molar-refractivity contribution in [1.29, 1.82) is 0 Å². The molecule has 0 fully saturated rings. The Kier molecular flexibility index (Phi) is 7.29.